The fourth-order valence-corrected chi connectivity index (χ4v) is 3.57. The van der Waals surface area contributed by atoms with E-state index >= 15 is 0 Å². The Kier molecular flexibility index (Phi) is 5.96. The SMILES string of the molecule is Cc1nn(C)c(Cl)c1CC(CSc1cccc(Cl)c1)NN. The first kappa shape index (κ1) is 16.6. The molecule has 0 spiro atoms. The molecular weight excluding hydrogens is 327 g/mol. The van der Waals surface area contributed by atoms with Crippen LogP contribution in [0.5, 0.6) is 0 Å². The van der Waals surface area contributed by atoms with E-state index in [1.165, 1.54) is 0 Å². The number of halogens is 2. The van der Waals surface area contributed by atoms with Gasteiger partial charge in [-0.2, -0.15) is 5.10 Å². The first-order chi connectivity index (χ1) is 10.0. The minimum Gasteiger partial charge on any atom is -0.271 e. The lowest BCUT2D eigenvalue weighted by Gasteiger charge is -2.15. The van der Waals surface area contributed by atoms with Gasteiger partial charge in [-0.05, 0) is 31.5 Å². The zero-order chi connectivity index (χ0) is 15.4. The highest BCUT2D eigenvalue weighted by atomic mass is 35.5. The van der Waals surface area contributed by atoms with Gasteiger partial charge in [-0.3, -0.25) is 16.0 Å². The maximum Gasteiger partial charge on any atom is 0.130 e. The van der Waals surface area contributed by atoms with Crippen LogP contribution in [0.15, 0.2) is 29.2 Å². The molecule has 0 amide bonds. The van der Waals surface area contributed by atoms with Crippen LogP contribution in [0.1, 0.15) is 11.3 Å². The first-order valence-corrected chi connectivity index (χ1v) is 8.28. The Hall–Kier alpha value is -0.720. The van der Waals surface area contributed by atoms with Gasteiger partial charge in [0.25, 0.3) is 0 Å². The lowest BCUT2D eigenvalue weighted by Crippen LogP contribution is -2.38. The summed E-state index contributed by atoms with van der Waals surface area (Å²) < 4.78 is 1.68. The summed E-state index contributed by atoms with van der Waals surface area (Å²) in [4.78, 5) is 1.12. The summed E-state index contributed by atoms with van der Waals surface area (Å²) in [6.45, 7) is 1.96. The molecule has 0 bridgehead atoms. The summed E-state index contributed by atoms with van der Waals surface area (Å²) in [5.74, 6) is 6.48. The normalized spacial score (nSPS) is 12.6. The van der Waals surface area contributed by atoms with E-state index < -0.39 is 0 Å². The van der Waals surface area contributed by atoms with E-state index in [9.17, 15) is 0 Å². The minimum atomic E-state index is 0.106. The second-order valence-corrected chi connectivity index (χ2v) is 6.70. The number of aryl methyl sites for hydroxylation is 2. The number of nitrogens with zero attached hydrogens (tertiary/aromatic N) is 2. The van der Waals surface area contributed by atoms with Crippen molar-refractivity contribution in [1.29, 1.82) is 0 Å². The molecule has 1 unspecified atom stereocenters. The number of rotatable bonds is 6. The highest BCUT2D eigenvalue weighted by Crippen LogP contribution is 2.25. The van der Waals surface area contributed by atoms with Crippen LogP contribution in [0.25, 0.3) is 0 Å². The number of hydrogen-bond acceptors (Lipinski definition) is 4. The van der Waals surface area contributed by atoms with Crippen LogP contribution in [0.2, 0.25) is 10.2 Å². The summed E-state index contributed by atoms with van der Waals surface area (Å²) in [5.41, 5.74) is 4.83. The molecule has 1 atom stereocenters. The molecule has 3 N–H and O–H groups in total. The number of nitrogens with one attached hydrogen (secondary N) is 1. The molecule has 0 aliphatic carbocycles. The van der Waals surface area contributed by atoms with Crippen LogP contribution < -0.4 is 11.3 Å². The first-order valence-electron chi connectivity index (χ1n) is 6.53. The van der Waals surface area contributed by atoms with Gasteiger partial charge in [-0.25, -0.2) is 0 Å². The van der Waals surface area contributed by atoms with Crippen molar-refractivity contribution in [2.75, 3.05) is 5.75 Å². The summed E-state index contributed by atoms with van der Waals surface area (Å²) in [5, 5.41) is 5.73. The van der Waals surface area contributed by atoms with Crippen molar-refractivity contribution in [3.8, 4) is 0 Å². The van der Waals surface area contributed by atoms with Gasteiger partial charge >= 0.3 is 0 Å². The number of hydrogen-bond donors (Lipinski definition) is 2. The Morgan fingerprint density at radius 2 is 2.19 bits per heavy atom. The number of hydrazine groups is 1. The van der Waals surface area contributed by atoms with E-state index in [-0.39, 0.29) is 6.04 Å². The molecule has 1 heterocycles. The molecule has 1 aromatic carbocycles. The molecule has 0 saturated carbocycles. The van der Waals surface area contributed by atoms with Crippen molar-refractivity contribution >= 4 is 35.0 Å². The van der Waals surface area contributed by atoms with E-state index in [1.807, 2.05) is 38.2 Å². The van der Waals surface area contributed by atoms with Crippen LogP contribution in [0, 0.1) is 6.92 Å². The largest absolute Gasteiger partial charge is 0.271 e. The molecule has 0 aliphatic rings. The Morgan fingerprint density at radius 3 is 2.76 bits per heavy atom. The summed E-state index contributed by atoms with van der Waals surface area (Å²) in [6, 6.07) is 7.89. The van der Waals surface area contributed by atoms with Crippen LogP contribution in [-0.2, 0) is 13.5 Å². The van der Waals surface area contributed by atoms with Crippen LogP contribution in [0.4, 0.5) is 0 Å². The van der Waals surface area contributed by atoms with E-state index in [1.54, 1.807) is 16.4 Å². The van der Waals surface area contributed by atoms with Crippen molar-refractivity contribution < 1.29 is 0 Å². The number of benzene rings is 1. The standard InChI is InChI=1S/C14H18Cl2N4S/c1-9-13(14(16)20(2)19-9)7-11(18-17)8-21-12-5-3-4-10(15)6-12/h3-6,11,18H,7-8,17H2,1-2H3. The fourth-order valence-electron chi connectivity index (χ4n) is 2.07. The second kappa shape index (κ2) is 7.51. The second-order valence-electron chi connectivity index (χ2n) is 4.81. The Morgan fingerprint density at radius 1 is 1.43 bits per heavy atom. The van der Waals surface area contributed by atoms with Crippen molar-refractivity contribution in [3.63, 3.8) is 0 Å². The van der Waals surface area contributed by atoms with E-state index in [0.717, 1.165) is 33.3 Å². The topological polar surface area (TPSA) is 55.9 Å². The monoisotopic (exact) mass is 344 g/mol. The van der Waals surface area contributed by atoms with Crippen molar-refractivity contribution in [1.82, 2.24) is 15.2 Å². The average molecular weight is 345 g/mol. The number of aromatic nitrogens is 2. The third-order valence-corrected chi connectivity index (χ3v) is 5.07. The lowest BCUT2D eigenvalue weighted by atomic mass is 10.1. The maximum absolute atomic E-state index is 6.26. The van der Waals surface area contributed by atoms with Gasteiger partial charge in [0.15, 0.2) is 0 Å². The highest BCUT2D eigenvalue weighted by molar-refractivity contribution is 7.99. The van der Waals surface area contributed by atoms with Crippen molar-refractivity contribution in [2.24, 2.45) is 12.9 Å². The molecule has 114 valence electrons. The van der Waals surface area contributed by atoms with Gasteiger partial charge in [0.05, 0.1) is 5.69 Å². The Bertz CT molecular complexity index is 615. The summed E-state index contributed by atoms with van der Waals surface area (Å²) >= 11 is 14.0. The third kappa shape index (κ3) is 4.37. The van der Waals surface area contributed by atoms with E-state index in [0.29, 0.717) is 5.15 Å². The highest BCUT2D eigenvalue weighted by Gasteiger charge is 2.16. The van der Waals surface area contributed by atoms with E-state index in [2.05, 4.69) is 10.5 Å². The fraction of sp³-hybridized carbons (Fsp3) is 0.357. The number of thioether (sulfide) groups is 1. The molecule has 7 heteroatoms. The smallest absolute Gasteiger partial charge is 0.130 e. The van der Waals surface area contributed by atoms with Gasteiger partial charge in [0.1, 0.15) is 5.15 Å². The molecule has 2 aromatic rings. The molecule has 0 aliphatic heterocycles. The number of nitrogens with two attached hydrogens (primary N) is 1. The predicted molar refractivity (Wildman–Crippen MR) is 89.9 cm³/mol. The molecule has 0 radical (unpaired) electrons. The van der Waals surface area contributed by atoms with Crippen molar-refractivity contribution in [2.45, 2.75) is 24.3 Å². The van der Waals surface area contributed by atoms with Gasteiger partial charge < -0.3 is 0 Å². The van der Waals surface area contributed by atoms with Gasteiger partial charge in [0.2, 0.25) is 0 Å². The van der Waals surface area contributed by atoms with Gasteiger partial charge in [-0.15, -0.1) is 11.8 Å². The molecule has 0 fully saturated rings. The molecule has 0 saturated heterocycles. The van der Waals surface area contributed by atoms with E-state index in [4.69, 9.17) is 29.0 Å². The average Bonchev–Trinajstić information content (AvgIpc) is 2.69. The molecule has 1 aromatic heterocycles. The zero-order valence-corrected chi connectivity index (χ0v) is 14.3. The van der Waals surface area contributed by atoms with Crippen LogP contribution in [-0.4, -0.2) is 21.6 Å². The summed E-state index contributed by atoms with van der Waals surface area (Å²) in [7, 11) is 1.84. The minimum absolute atomic E-state index is 0.106. The quantitative estimate of drug-likeness (QED) is 0.480. The maximum atomic E-state index is 6.26. The molecule has 21 heavy (non-hydrogen) atoms. The molecule has 2 rings (SSSR count). The zero-order valence-electron chi connectivity index (χ0n) is 11.9. The van der Waals surface area contributed by atoms with Crippen LogP contribution >= 0.6 is 35.0 Å². The van der Waals surface area contributed by atoms with Crippen LogP contribution in [0.3, 0.4) is 0 Å². The molecule has 4 nitrogen and oxygen atoms in total. The van der Waals surface area contributed by atoms with Gasteiger partial charge in [-0.1, -0.05) is 29.3 Å². The molecular formula is C14H18Cl2N4S. The predicted octanol–water partition coefficient (Wildman–Crippen LogP) is 3.20. The van der Waals surface area contributed by atoms with Crippen molar-refractivity contribution in [3.05, 3.63) is 45.7 Å². The summed E-state index contributed by atoms with van der Waals surface area (Å²) in [6.07, 6.45) is 0.739. The lowest BCUT2D eigenvalue weighted by molar-refractivity contribution is 0.574. The Balaban J connectivity index is 2.00. The third-order valence-electron chi connectivity index (χ3n) is 3.20. The van der Waals surface area contributed by atoms with Gasteiger partial charge in [0, 0.05) is 34.3 Å². The Labute approximate surface area is 139 Å².